The van der Waals surface area contributed by atoms with E-state index in [0.29, 0.717) is 0 Å². The van der Waals surface area contributed by atoms with Crippen LogP contribution in [0.15, 0.2) is 27.7 Å². The van der Waals surface area contributed by atoms with Crippen molar-refractivity contribution in [2.45, 2.75) is 0 Å². The molecule has 1 aliphatic rings. The molecule has 10 heavy (non-hydrogen) atoms. The Labute approximate surface area is 67.1 Å². The van der Waals surface area contributed by atoms with Gasteiger partial charge in [0.25, 0.3) is 12.0 Å². The molecule has 3 heteroatoms. The molecule has 48 valence electrons. The minimum Gasteiger partial charge on any atom is -0.178 e. The van der Waals surface area contributed by atoms with Gasteiger partial charge in [-0.25, -0.2) is 0 Å². The Morgan fingerprint density at radius 2 is 2.40 bits per heavy atom. The third-order valence-corrected chi connectivity index (χ3v) is 1.98. The summed E-state index contributed by atoms with van der Waals surface area (Å²) in [6.45, 7) is 0. The van der Waals surface area contributed by atoms with Crippen LogP contribution in [0.1, 0.15) is 0 Å². The second-order valence-electron chi connectivity index (χ2n) is 1.98. The smallest absolute Gasteiger partial charge is 0.178 e. The van der Waals surface area contributed by atoms with Crippen molar-refractivity contribution in [2.75, 3.05) is 5.32 Å². The Hall–Kier alpha value is -0.920. The molecule has 0 amide bonds. The largest absolute Gasteiger partial charge is 0.261 e. The molecule has 0 saturated heterocycles. The molecule has 2 rings (SSSR count). The van der Waals surface area contributed by atoms with Crippen molar-refractivity contribution in [1.82, 2.24) is 0 Å². The van der Waals surface area contributed by atoms with Gasteiger partial charge in [-0.3, -0.25) is 0 Å². The van der Waals surface area contributed by atoms with Crippen LogP contribution in [0.3, 0.4) is 0 Å². The molecule has 1 aromatic carbocycles. The second kappa shape index (κ2) is 2.04. The van der Waals surface area contributed by atoms with Crippen molar-refractivity contribution in [2.24, 2.45) is 4.99 Å². The van der Waals surface area contributed by atoms with Crippen LogP contribution in [0.25, 0.3) is 0 Å². The Balaban J connectivity index is 2.67. The minimum absolute atomic E-state index is 0.933. The summed E-state index contributed by atoms with van der Waals surface area (Å²) in [6.07, 6.45) is 2.67. The van der Waals surface area contributed by atoms with Crippen LogP contribution in [-0.2, 0) is 0 Å². The number of aliphatic imine (C=N–C) groups is 1. The van der Waals surface area contributed by atoms with Crippen LogP contribution in [0.5, 0.6) is 0 Å². The van der Waals surface area contributed by atoms with Gasteiger partial charge in [-0.1, -0.05) is 0 Å². The van der Waals surface area contributed by atoms with E-state index in [1.54, 1.807) is 0 Å². The van der Waals surface area contributed by atoms with Gasteiger partial charge in [0.1, 0.15) is 4.47 Å². The molecule has 0 bridgehead atoms. The summed E-state index contributed by atoms with van der Waals surface area (Å²) in [7, 11) is 0. The van der Waals surface area contributed by atoms with Gasteiger partial charge in [0.15, 0.2) is 0 Å². The van der Waals surface area contributed by atoms with Crippen LogP contribution < -0.4 is 5.32 Å². The Bertz CT molecular complexity index is 294. The van der Waals surface area contributed by atoms with E-state index in [9.17, 15) is 0 Å². The molecular formula is C7H4BrN2+. The highest BCUT2D eigenvalue weighted by atomic mass is 79.9. The summed E-state index contributed by atoms with van der Waals surface area (Å²) < 4.78 is 1.00. The van der Waals surface area contributed by atoms with Crippen LogP contribution in [0.2, 0.25) is 0 Å². The molecule has 1 heterocycles. The van der Waals surface area contributed by atoms with Crippen molar-refractivity contribution >= 4 is 33.6 Å². The molecule has 2 nitrogen and oxygen atoms in total. The lowest BCUT2D eigenvalue weighted by molar-refractivity contribution is 1.55. The lowest BCUT2D eigenvalue weighted by Crippen LogP contribution is -1.85. The standard InChI is InChI=1S/C7H4BrN2/c8-5-2-1-3-6-7(5)10-4-9-6/h1-3H,(H,9,10)/q+1. The highest BCUT2D eigenvalue weighted by Crippen LogP contribution is 2.35. The SMILES string of the molecule is Brc1cccc2c1N=[C+]N2. The molecule has 0 aliphatic carbocycles. The van der Waals surface area contributed by atoms with Crippen molar-refractivity contribution in [3.63, 3.8) is 0 Å². The van der Waals surface area contributed by atoms with Gasteiger partial charge in [-0.15, -0.1) is 0 Å². The van der Waals surface area contributed by atoms with Crippen molar-refractivity contribution in [1.29, 1.82) is 0 Å². The summed E-state index contributed by atoms with van der Waals surface area (Å²) in [5.74, 6) is 0. The van der Waals surface area contributed by atoms with Crippen LogP contribution in [0, 0.1) is 0 Å². The first-order valence-corrected chi connectivity index (χ1v) is 3.67. The molecule has 0 saturated carbocycles. The molecule has 1 N–H and O–H groups in total. The zero-order chi connectivity index (χ0) is 6.97. The predicted molar refractivity (Wildman–Crippen MR) is 44.9 cm³/mol. The van der Waals surface area contributed by atoms with E-state index in [4.69, 9.17) is 0 Å². The molecule has 0 aromatic heterocycles. The van der Waals surface area contributed by atoms with Gasteiger partial charge in [0.2, 0.25) is 5.69 Å². The van der Waals surface area contributed by atoms with Crippen LogP contribution in [0.4, 0.5) is 11.4 Å². The van der Waals surface area contributed by atoms with E-state index in [1.807, 2.05) is 18.2 Å². The Morgan fingerprint density at radius 3 is 3.20 bits per heavy atom. The normalized spacial score (nSPS) is 12.1. The first-order chi connectivity index (χ1) is 4.88. The third-order valence-electron chi connectivity index (χ3n) is 1.35. The van der Waals surface area contributed by atoms with Crippen LogP contribution in [-0.4, -0.2) is 6.34 Å². The monoisotopic (exact) mass is 195 g/mol. The first-order valence-electron chi connectivity index (χ1n) is 2.88. The number of halogens is 1. The average Bonchev–Trinajstić information content (AvgIpc) is 2.36. The number of benzene rings is 1. The predicted octanol–water partition coefficient (Wildman–Crippen LogP) is 2.41. The van der Waals surface area contributed by atoms with Crippen molar-refractivity contribution in [3.8, 4) is 0 Å². The number of nitrogens with zero attached hydrogens (tertiary/aromatic N) is 1. The van der Waals surface area contributed by atoms with E-state index in [1.165, 1.54) is 0 Å². The number of rotatable bonds is 0. The molecule has 1 aliphatic heterocycles. The fourth-order valence-electron chi connectivity index (χ4n) is 0.874. The van der Waals surface area contributed by atoms with E-state index in [-0.39, 0.29) is 0 Å². The van der Waals surface area contributed by atoms with Gasteiger partial charge in [0.05, 0.1) is 0 Å². The maximum Gasteiger partial charge on any atom is 0.261 e. The second-order valence-corrected chi connectivity index (χ2v) is 2.84. The quantitative estimate of drug-likeness (QED) is 0.633. The van der Waals surface area contributed by atoms with E-state index in [0.717, 1.165) is 15.8 Å². The Kier molecular flexibility index (Phi) is 1.19. The van der Waals surface area contributed by atoms with Gasteiger partial charge in [-0.05, 0) is 33.1 Å². The Morgan fingerprint density at radius 1 is 1.50 bits per heavy atom. The molecule has 0 spiro atoms. The lowest BCUT2D eigenvalue weighted by atomic mass is 10.3. The minimum atomic E-state index is 0.933. The van der Waals surface area contributed by atoms with Gasteiger partial charge in [0, 0.05) is 6.07 Å². The van der Waals surface area contributed by atoms with Crippen molar-refractivity contribution < 1.29 is 0 Å². The summed E-state index contributed by atoms with van der Waals surface area (Å²) in [6, 6.07) is 5.87. The van der Waals surface area contributed by atoms with Gasteiger partial charge >= 0.3 is 0 Å². The fraction of sp³-hybridized carbons (Fsp3) is 0. The van der Waals surface area contributed by atoms with E-state index < -0.39 is 0 Å². The maximum absolute atomic E-state index is 3.99. The van der Waals surface area contributed by atoms with Gasteiger partial charge < -0.3 is 0 Å². The topological polar surface area (TPSA) is 24.4 Å². The first kappa shape index (κ1) is 5.83. The van der Waals surface area contributed by atoms with E-state index >= 15 is 0 Å². The number of anilines is 1. The lowest BCUT2D eigenvalue weighted by Gasteiger charge is -1.86. The summed E-state index contributed by atoms with van der Waals surface area (Å²) in [5, 5.41) is 2.89. The molecule has 0 unspecified atom stereocenters. The highest BCUT2D eigenvalue weighted by Gasteiger charge is 2.20. The van der Waals surface area contributed by atoms with Gasteiger partial charge in [-0.2, -0.15) is 5.32 Å². The summed E-state index contributed by atoms with van der Waals surface area (Å²) in [4.78, 5) is 3.99. The zero-order valence-electron chi connectivity index (χ0n) is 5.06. The zero-order valence-corrected chi connectivity index (χ0v) is 6.64. The number of nitrogens with one attached hydrogen (secondary N) is 1. The summed E-state index contributed by atoms with van der Waals surface area (Å²) >= 11 is 3.37. The van der Waals surface area contributed by atoms with Crippen LogP contribution >= 0.6 is 15.9 Å². The fourth-order valence-corrected chi connectivity index (χ4v) is 1.33. The average molecular weight is 196 g/mol. The number of hydrogen-bond acceptors (Lipinski definition) is 2. The number of para-hydroxylation sites is 1. The molecule has 0 fully saturated rings. The molecule has 1 aromatic rings. The van der Waals surface area contributed by atoms with Crippen molar-refractivity contribution in [3.05, 3.63) is 22.7 Å². The maximum atomic E-state index is 3.99. The molecular weight excluding hydrogens is 192 g/mol. The highest BCUT2D eigenvalue weighted by molar-refractivity contribution is 9.10. The number of fused-ring (bicyclic) bond motifs is 1. The molecule has 0 radical (unpaired) electrons. The molecule has 0 atom stereocenters. The third kappa shape index (κ3) is 0.719. The summed E-state index contributed by atoms with van der Waals surface area (Å²) in [5.41, 5.74) is 1.94. The number of hydrogen-bond donors (Lipinski definition) is 1. The van der Waals surface area contributed by atoms with E-state index in [2.05, 4.69) is 32.6 Å².